The Morgan fingerprint density at radius 1 is 1.00 bits per heavy atom. The second-order valence-corrected chi connectivity index (χ2v) is 9.61. The molecule has 3 heterocycles. The molecule has 9 heteroatoms. The van der Waals surface area contributed by atoms with E-state index in [9.17, 15) is 14.4 Å². The molecule has 2 aromatic heterocycles. The number of fused-ring (bicyclic) bond motifs is 2. The molecule has 0 bridgehead atoms. The molecule has 1 unspecified atom stereocenters. The van der Waals surface area contributed by atoms with Crippen LogP contribution < -0.4 is 5.32 Å². The minimum Gasteiger partial charge on any atom is -0.291 e. The molecule has 1 aliphatic heterocycles. The minimum atomic E-state index is -0.993. The van der Waals surface area contributed by atoms with Crippen LogP contribution in [0.5, 0.6) is 0 Å². The first-order chi connectivity index (χ1) is 16.3. The molecule has 0 saturated heterocycles. The van der Waals surface area contributed by atoms with Gasteiger partial charge in [-0.3, -0.25) is 24.6 Å². The van der Waals surface area contributed by atoms with Crippen molar-refractivity contribution in [3.63, 3.8) is 0 Å². The van der Waals surface area contributed by atoms with Crippen molar-refractivity contribution in [1.29, 1.82) is 0 Å². The summed E-state index contributed by atoms with van der Waals surface area (Å²) in [6.45, 7) is 7.68. The second-order valence-electron chi connectivity index (χ2n) is 8.77. The predicted molar refractivity (Wildman–Crippen MR) is 130 cm³/mol. The molecule has 1 aliphatic rings. The maximum absolute atomic E-state index is 13.3. The summed E-state index contributed by atoms with van der Waals surface area (Å²) in [5, 5.41) is 9.20. The van der Waals surface area contributed by atoms with E-state index in [4.69, 9.17) is 0 Å². The molecule has 34 heavy (non-hydrogen) atoms. The van der Waals surface area contributed by atoms with Crippen molar-refractivity contribution < 1.29 is 14.4 Å². The number of aromatic nitrogens is 3. The van der Waals surface area contributed by atoms with Crippen LogP contribution in [0.4, 0.5) is 5.95 Å². The van der Waals surface area contributed by atoms with Gasteiger partial charge in [-0.2, -0.15) is 4.98 Å². The van der Waals surface area contributed by atoms with Crippen LogP contribution in [-0.2, 0) is 4.79 Å². The molecule has 0 aliphatic carbocycles. The smallest absolute Gasteiger partial charge is 0.262 e. The van der Waals surface area contributed by atoms with Crippen molar-refractivity contribution >= 4 is 40.0 Å². The van der Waals surface area contributed by atoms with Gasteiger partial charge in [-0.25, -0.2) is 4.52 Å². The fraction of sp³-hybridized carbons (Fsp3) is 0.240. The average Bonchev–Trinajstić information content (AvgIpc) is 3.43. The summed E-state index contributed by atoms with van der Waals surface area (Å²) >= 11 is 1.42. The first-order valence-electron chi connectivity index (χ1n) is 11.0. The van der Waals surface area contributed by atoms with Gasteiger partial charge < -0.3 is 0 Å². The number of amides is 3. The van der Waals surface area contributed by atoms with Crippen LogP contribution in [0.15, 0.2) is 47.8 Å². The highest BCUT2D eigenvalue weighted by Gasteiger charge is 2.44. The number of carbonyl (C=O) groups excluding carboxylic acids is 3. The molecule has 2 aromatic carbocycles. The van der Waals surface area contributed by atoms with Gasteiger partial charge >= 0.3 is 0 Å². The van der Waals surface area contributed by atoms with E-state index in [1.54, 1.807) is 42.6 Å². The minimum absolute atomic E-state index is 0.130. The van der Waals surface area contributed by atoms with E-state index in [0.29, 0.717) is 16.1 Å². The van der Waals surface area contributed by atoms with Gasteiger partial charge in [0.15, 0.2) is 0 Å². The van der Waals surface area contributed by atoms with Gasteiger partial charge in [0.05, 0.1) is 16.8 Å². The molecule has 5 rings (SSSR count). The Balaban J connectivity index is 1.44. The lowest BCUT2D eigenvalue weighted by Crippen LogP contribution is -2.50. The van der Waals surface area contributed by atoms with Gasteiger partial charge in [0, 0.05) is 10.9 Å². The topological polar surface area (TPSA) is 96.7 Å². The number of anilines is 1. The highest BCUT2D eigenvalue weighted by molar-refractivity contribution is 7.15. The van der Waals surface area contributed by atoms with Crippen LogP contribution >= 0.6 is 11.3 Å². The predicted octanol–water partition coefficient (Wildman–Crippen LogP) is 4.33. The number of rotatable bonds is 5. The zero-order valence-electron chi connectivity index (χ0n) is 19.2. The normalized spacial score (nSPS) is 14.2. The summed E-state index contributed by atoms with van der Waals surface area (Å²) in [6.07, 6.45) is 0. The Kier molecular flexibility index (Phi) is 5.28. The standard InChI is InChI=1S/C25H23N5O3S/c1-13(2)20(29-22(32)17-7-5-6-8-18(17)23(29)33)21(31)26-24-27-25-30(28-24)19(12-34-25)16-10-9-14(3)11-15(16)4/h5-13,20H,1-4H3,(H,26,28,31). The number of benzene rings is 2. The second kappa shape index (κ2) is 8.18. The van der Waals surface area contributed by atoms with E-state index in [-0.39, 0.29) is 11.9 Å². The molecule has 0 saturated carbocycles. The van der Waals surface area contributed by atoms with Crippen molar-refractivity contribution in [1.82, 2.24) is 19.5 Å². The lowest BCUT2D eigenvalue weighted by molar-refractivity contribution is -0.121. The third-order valence-corrected chi connectivity index (χ3v) is 6.79. The summed E-state index contributed by atoms with van der Waals surface area (Å²) < 4.78 is 1.70. The van der Waals surface area contributed by atoms with Gasteiger partial charge in [-0.05, 0) is 37.5 Å². The van der Waals surface area contributed by atoms with E-state index < -0.39 is 23.8 Å². The Bertz CT molecular complexity index is 1430. The number of hydrogen-bond donors (Lipinski definition) is 1. The highest BCUT2D eigenvalue weighted by atomic mass is 32.1. The monoisotopic (exact) mass is 473 g/mol. The third kappa shape index (κ3) is 3.49. The van der Waals surface area contributed by atoms with Gasteiger partial charge in [0.25, 0.3) is 17.8 Å². The highest BCUT2D eigenvalue weighted by Crippen LogP contribution is 2.30. The Labute approximate surface area is 200 Å². The van der Waals surface area contributed by atoms with Gasteiger partial charge in [-0.1, -0.05) is 49.7 Å². The molecule has 1 N–H and O–H groups in total. The number of thiazole rings is 1. The third-order valence-electron chi connectivity index (χ3n) is 5.98. The summed E-state index contributed by atoms with van der Waals surface area (Å²) in [4.78, 5) is 45.3. The van der Waals surface area contributed by atoms with Crippen LogP contribution in [0.25, 0.3) is 16.2 Å². The summed E-state index contributed by atoms with van der Waals surface area (Å²) in [5.41, 5.74) is 4.82. The van der Waals surface area contributed by atoms with Crippen LogP contribution in [0.3, 0.4) is 0 Å². The van der Waals surface area contributed by atoms with Crippen molar-refractivity contribution in [2.24, 2.45) is 5.92 Å². The molecule has 172 valence electrons. The number of nitrogens with zero attached hydrogens (tertiary/aromatic N) is 4. The van der Waals surface area contributed by atoms with E-state index in [0.717, 1.165) is 21.7 Å². The molecule has 8 nitrogen and oxygen atoms in total. The fourth-order valence-corrected chi connectivity index (χ4v) is 5.21. The van der Waals surface area contributed by atoms with E-state index in [1.165, 1.54) is 16.9 Å². The first kappa shape index (κ1) is 22.0. The zero-order chi connectivity index (χ0) is 24.1. The summed E-state index contributed by atoms with van der Waals surface area (Å²) in [6, 6.07) is 11.8. The Morgan fingerprint density at radius 3 is 2.29 bits per heavy atom. The van der Waals surface area contributed by atoms with Crippen molar-refractivity contribution in [3.8, 4) is 11.3 Å². The number of hydrogen-bond acceptors (Lipinski definition) is 6. The van der Waals surface area contributed by atoms with Crippen LogP contribution in [0.2, 0.25) is 0 Å². The number of carbonyl (C=O) groups is 3. The van der Waals surface area contributed by atoms with E-state index in [1.807, 2.05) is 31.4 Å². The zero-order valence-corrected chi connectivity index (χ0v) is 20.0. The lowest BCUT2D eigenvalue weighted by atomic mass is 10.0. The first-order valence-corrected chi connectivity index (χ1v) is 11.8. The molecular weight excluding hydrogens is 450 g/mol. The molecule has 0 spiro atoms. The van der Waals surface area contributed by atoms with Crippen LogP contribution in [0.1, 0.15) is 45.7 Å². The molecular formula is C25H23N5O3S. The van der Waals surface area contributed by atoms with Crippen molar-refractivity contribution in [3.05, 3.63) is 70.1 Å². The SMILES string of the molecule is Cc1ccc(-c2csc3nc(NC(=O)C(C(C)C)N4C(=O)c5ccccc5C4=O)nn23)c(C)c1. The van der Waals surface area contributed by atoms with Crippen molar-refractivity contribution in [2.75, 3.05) is 5.32 Å². The van der Waals surface area contributed by atoms with Gasteiger partial charge in [0.1, 0.15) is 6.04 Å². The lowest BCUT2D eigenvalue weighted by Gasteiger charge is -2.27. The summed E-state index contributed by atoms with van der Waals surface area (Å²) in [7, 11) is 0. The quantitative estimate of drug-likeness (QED) is 0.435. The van der Waals surface area contributed by atoms with Gasteiger partial charge in [0.2, 0.25) is 10.9 Å². The molecule has 4 aromatic rings. The van der Waals surface area contributed by atoms with Crippen LogP contribution in [0, 0.1) is 19.8 Å². The Morgan fingerprint density at radius 2 is 1.68 bits per heavy atom. The average molecular weight is 474 g/mol. The van der Waals surface area contributed by atoms with Gasteiger partial charge in [-0.15, -0.1) is 16.4 Å². The van der Waals surface area contributed by atoms with Crippen LogP contribution in [-0.4, -0.2) is 43.3 Å². The molecule has 1 atom stereocenters. The number of aryl methyl sites for hydroxylation is 2. The Hall–Kier alpha value is -3.85. The number of nitrogens with one attached hydrogen (secondary N) is 1. The van der Waals surface area contributed by atoms with E-state index in [2.05, 4.69) is 21.5 Å². The largest absolute Gasteiger partial charge is 0.291 e. The maximum atomic E-state index is 13.3. The maximum Gasteiger partial charge on any atom is 0.262 e. The molecule has 0 fully saturated rings. The fourth-order valence-electron chi connectivity index (χ4n) is 4.38. The van der Waals surface area contributed by atoms with Crippen molar-refractivity contribution in [2.45, 2.75) is 33.7 Å². The molecule has 0 radical (unpaired) electrons. The number of imide groups is 1. The molecule has 3 amide bonds. The van der Waals surface area contributed by atoms with E-state index >= 15 is 0 Å². The summed E-state index contributed by atoms with van der Waals surface area (Å²) in [5.74, 6) is -1.62.